The number of hydrogen-bond acceptors (Lipinski definition) is 2. The molecule has 0 aliphatic heterocycles. The second-order valence-electron chi connectivity index (χ2n) is 4.05. The molecule has 5 heteroatoms. The zero-order valence-electron chi connectivity index (χ0n) is 9.67. The van der Waals surface area contributed by atoms with E-state index in [-0.39, 0.29) is 17.0 Å². The molecule has 0 aromatic heterocycles. The standard InChI is InChI=1S/C12H16ClFN2O/c1-8(15)3-2-4-12(17)16-9-5-6-11(14)10(13)7-9/h5-8H,2-4,15H2,1H3,(H,16,17). The third kappa shape index (κ3) is 5.15. The molecule has 3 N–H and O–H groups in total. The lowest BCUT2D eigenvalue weighted by molar-refractivity contribution is -0.116. The van der Waals surface area contributed by atoms with Gasteiger partial charge in [0.15, 0.2) is 0 Å². The predicted molar refractivity (Wildman–Crippen MR) is 67.5 cm³/mol. The van der Waals surface area contributed by atoms with E-state index < -0.39 is 5.82 Å². The van der Waals surface area contributed by atoms with Crippen molar-refractivity contribution in [1.29, 1.82) is 0 Å². The summed E-state index contributed by atoms with van der Waals surface area (Å²) in [6.07, 6.45) is 1.94. The van der Waals surface area contributed by atoms with Crippen molar-refractivity contribution in [2.45, 2.75) is 32.2 Å². The first-order chi connectivity index (χ1) is 7.99. The Bertz CT molecular complexity index is 396. The quantitative estimate of drug-likeness (QED) is 0.853. The molecule has 1 atom stereocenters. The number of anilines is 1. The van der Waals surface area contributed by atoms with Gasteiger partial charge in [0, 0.05) is 18.2 Å². The Hall–Kier alpha value is -1.13. The van der Waals surface area contributed by atoms with Gasteiger partial charge in [0.25, 0.3) is 0 Å². The molecule has 1 aromatic rings. The molecule has 1 amide bonds. The summed E-state index contributed by atoms with van der Waals surface area (Å²) in [6, 6.07) is 4.19. The van der Waals surface area contributed by atoms with Crippen molar-refractivity contribution in [1.82, 2.24) is 0 Å². The fourth-order valence-corrected chi connectivity index (χ4v) is 1.56. The highest BCUT2D eigenvalue weighted by Gasteiger charge is 2.05. The van der Waals surface area contributed by atoms with E-state index >= 15 is 0 Å². The fraction of sp³-hybridized carbons (Fsp3) is 0.417. The van der Waals surface area contributed by atoms with Gasteiger partial charge in [0.05, 0.1) is 5.02 Å². The number of benzene rings is 1. The van der Waals surface area contributed by atoms with Gasteiger partial charge in [-0.1, -0.05) is 11.6 Å². The molecule has 0 heterocycles. The van der Waals surface area contributed by atoms with Crippen LogP contribution in [0.1, 0.15) is 26.2 Å². The number of hydrogen-bond donors (Lipinski definition) is 2. The monoisotopic (exact) mass is 258 g/mol. The lowest BCUT2D eigenvalue weighted by Gasteiger charge is -2.07. The van der Waals surface area contributed by atoms with E-state index in [1.807, 2.05) is 6.92 Å². The van der Waals surface area contributed by atoms with E-state index in [2.05, 4.69) is 5.32 Å². The van der Waals surface area contributed by atoms with Crippen LogP contribution < -0.4 is 11.1 Å². The Kier molecular flexibility index (Phi) is 5.38. The molecule has 1 aromatic carbocycles. The molecule has 17 heavy (non-hydrogen) atoms. The minimum atomic E-state index is -0.498. The van der Waals surface area contributed by atoms with Crippen LogP contribution in [0.4, 0.5) is 10.1 Å². The molecule has 0 saturated carbocycles. The van der Waals surface area contributed by atoms with E-state index in [0.717, 1.165) is 12.8 Å². The first-order valence-electron chi connectivity index (χ1n) is 5.49. The van der Waals surface area contributed by atoms with Gasteiger partial charge in [-0.2, -0.15) is 0 Å². The van der Waals surface area contributed by atoms with Crippen molar-refractivity contribution in [3.63, 3.8) is 0 Å². The predicted octanol–water partition coefficient (Wildman–Crippen LogP) is 2.94. The van der Waals surface area contributed by atoms with Gasteiger partial charge in [0.1, 0.15) is 5.82 Å². The van der Waals surface area contributed by atoms with Crippen LogP contribution in [0, 0.1) is 5.82 Å². The van der Waals surface area contributed by atoms with Crippen molar-refractivity contribution in [3.8, 4) is 0 Å². The maximum atomic E-state index is 12.9. The highest BCUT2D eigenvalue weighted by atomic mass is 35.5. The molecule has 0 spiro atoms. The van der Waals surface area contributed by atoms with Gasteiger partial charge in [-0.25, -0.2) is 4.39 Å². The van der Waals surface area contributed by atoms with E-state index in [1.54, 1.807) is 0 Å². The Morgan fingerprint density at radius 1 is 1.59 bits per heavy atom. The van der Waals surface area contributed by atoms with Gasteiger partial charge < -0.3 is 11.1 Å². The Balaban J connectivity index is 2.42. The topological polar surface area (TPSA) is 55.1 Å². The van der Waals surface area contributed by atoms with E-state index in [4.69, 9.17) is 17.3 Å². The average Bonchev–Trinajstić information content (AvgIpc) is 2.23. The molecule has 3 nitrogen and oxygen atoms in total. The summed E-state index contributed by atoms with van der Waals surface area (Å²) in [5.41, 5.74) is 6.08. The summed E-state index contributed by atoms with van der Waals surface area (Å²) in [6.45, 7) is 1.90. The van der Waals surface area contributed by atoms with Crippen LogP contribution in [0.3, 0.4) is 0 Å². The molecule has 94 valence electrons. The highest BCUT2D eigenvalue weighted by molar-refractivity contribution is 6.31. The molecule has 1 unspecified atom stereocenters. The maximum absolute atomic E-state index is 12.9. The normalized spacial score (nSPS) is 12.2. The van der Waals surface area contributed by atoms with E-state index in [9.17, 15) is 9.18 Å². The highest BCUT2D eigenvalue weighted by Crippen LogP contribution is 2.19. The molecule has 0 fully saturated rings. The zero-order valence-corrected chi connectivity index (χ0v) is 10.4. The molecule has 0 aliphatic rings. The smallest absolute Gasteiger partial charge is 0.224 e. The molecule has 0 aliphatic carbocycles. The van der Waals surface area contributed by atoms with Crippen LogP contribution >= 0.6 is 11.6 Å². The largest absolute Gasteiger partial charge is 0.328 e. The molecule has 0 saturated heterocycles. The number of halogens is 2. The summed E-state index contributed by atoms with van der Waals surface area (Å²) >= 11 is 5.60. The van der Waals surface area contributed by atoms with Crippen molar-refractivity contribution >= 4 is 23.2 Å². The lowest BCUT2D eigenvalue weighted by atomic mass is 10.1. The van der Waals surface area contributed by atoms with Crippen LogP contribution in [0.2, 0.25) is 5.02 Å². The first kappa shape index (κ1) is 13.9. The number of carbonyl (C=O) groups is 1. The minimum absolute atomic E-state index is 0.00150. The first-order valence-corrected chi connectivity index (χ1v) is 5.87. The van der Waals surface area contributed by atoms with Gasteiger partial charge >= 0.3 is 0 Å². The van der Waals surface area contributed by atoms with Gasteiger partial charge in [-0.3, -0.25) is 4.79 Å². The maximum Gasteiger partial charge on any atom is 0.224 e. The van der Waals surface area contributed by atoms with Crippen LogP contribution in [0.25, 0.3) is 0 Å². The second kappa shape index (κ2) is 6.57. The van der Waals surface area contributed by atoms with Crippen molar-refractivity contribution in [3.05, 3.63) is 29.0 Å². The number of nitrogens with one attached hydrogen (secondary N) is 1. The van der Waals surface area contributed by atoms with Crippen LogP contribution in [0.5, 0.6) is 0 Å². The lowest BCUT2D eigenvalue weighted by Crippen LogP contribution is -2.16. The summed E-state index contributed by atoms with van der Waals surface area (Å²) in [7, 11) is 0. The number of nitrogens with two attached hydrogens (primary N) is 1. The van der Waals surface area contributed by atoms with E-state index in [0.29, 0.717) is 12.1 Å². The number of rotatable bonds is 5. The van der Waals surface area contributed by atoms with Gasteiger partial charge in [-0.05, 0) is 38.0 Å². The Morgan fingerprint density at radius 3 is 2.88 bits per heavy atom. The van der Waals surface area contributed by atoms with Crippen LogP contribution in [-0.2, 0) is 4.79 Å². The SMILES string of the molecule is CC(N)CCCC(=O)Nc1ccc(F)c(Cl)c1. The number of carbonyl (C=O) groups excluding carboxylic acids is 1. The Morgan fingerprint density at radius 2 is 2.29 bits per heavy atom. The fourth-order valence-electron chi connectivity index (χ4n) is 1.38. The van der Waals surface area contributed by atoms with Gasteiger partial charge in [0.2, 0.25) is 5.91 Å². The molecule has 0 radical (unpaired) electrons. The molecule has 0 bridgehead atoms. The van der Waals surface area contributed by atoms with Crippen molar-refractivity contribution in [2.24, 2.45) is 5.73 Å². The molecular weight excluding hydrogens is 243 g/mol. The summed E-state index contributed by atoms with van der Waals surface area (Å²) in [5, 5.41) is 2.65. The zero-order chi connectivity index (χ0) is 12.8. The Labute approximate surface area is 105 Å². The van der Waals surface area contributed by atoms with Gasteiger partial charge in [-0.15, -0.1) is 0 Å². The third-order valence-corrected chi connectivity index (χ3v) is 2.56. The second-order valence-corrected chi connectivity index (χ2v) is 4.45. The minimum Gasteiger partial charge on any atom is -0.328 e. The van der Waals surface area contributed by atoms with Crippen LogP contribution in [-0.4, -0.2) is 11.9 Å². The summed E-state index contributed by atoms with van der Waals surface area (Å²) in [4.78, 5) is 11.5. The van der Waals surface area contributed by atoms with Crippen LogP contribution in [0.15, 0.2) is 18.2 Å². The molecular formula is C12H16ClFN2O. The third-order valence-electron chi connectivity index (χ3n) is 2.27. The average molecular weight is 259 g/mol. The van der Waals surface area contributed by atoms with E-state index in [1.165, 1.54) is 18.2 Å². The summed E-state index contributed by atoms with van der Waals surface area (Å²) in [5.74, 6) is -0.616. The van der Waals surface area contributed by atoms with Crippen molar-refractivity contribution < 1.29 is 9.18 Å². The van der Waals surface area contributed by atoms with Crippen molar-refractivity contribution in [2.75, 3.05) is 5.32 Å². The summed E-state index contributed by atoms with van der Waals surface area (Å²) < 4.78 is 12.9. The number of amides is 1. The molecule has 1 rings (SSSR count).